The minimum absolute atomic E-state index is 0.179. The molecule has 0 bridgehead atoms. The topological polar surface area (TPSA) is 60.2 Å². The van der Waals surface area contributed by atoms with E-state index in [2.05, 4.69) is 13.8 Å². The first kappa shape index (κ1) is 9.99. The number of nitrogens with two attached hydrogens (primary N) is 1. The van der Waals surface area contributed by atoms with E-state index in [-0.39, 0.29) is 11.5 Å². The monoisotopic (exact) mass is 191 g/mol. The molecule has 72 valence electrons. The molecule has 1 atom stereocenters. The fourth-order valence-electron chi connectivity index (χ4n) is 1.92. The molecule has 1 fully saturated rings. The van der Waals surface area contributed by atoms with Crippen LogP contribution in [0.3, 0.4) is 0 Å². The molecule has 4 heteroatoms. The Balaban J connectivity index is 2.65. The highest BCUT2D eigenvalue weighted by molar-refractivity contribution is 7.91. The molecular formula is C8H17NO2S. The van der Waals surface area contributed by atoms with Crippen LogP contribution in [0.2, 0.25) is 0 Å². The molecule has 0 aromatic carbocycles. The zero-order chi connectivity index (χ0) is 9.41. The fraction of sp³-hybridized carbons (Fsp3) is 1.00. The first-order chi connectivity index (χ1) is 5.33. The lowest BCUT2D eigenvalue weighted by molar-refractivity contribution is 0.377. The van der Waals surface area contributed by atoms with E-state index in [1.165, 1.54) is 0 Å². The molecule has 0 radical (unpaired) electrons. The summed E-state index contributed by atoms with van der Waals surface area (Å²) in [6.45, 7) is 4.14. The predicted molar refractivity (Wildman–Crippen MR) is 49.6 cm³/mol. The molecule has 0 saturated carbocycles. The van der Waals surface area contributed by atoms with Gasteiger partial charge in [-0.2, -0.15) is 0 Å². The Hall–Kier alpha value is -0.0900. The number of hydrogen-bond donors (Lipinski definition) is 1. The second kappa shape index (κ2) is 3.00. The standard InChI is InChI=1S/C8H17NO2S/c1-7(2)5-8(9)3-4-12(10,11)6-8/h7H,3-6,9H2,1-2H3. The maximum atomic E-state index is 11.1. The average molecular weight is 191 g/mol. The van der Waals surface area contributed by atoms with Crippen molar-refractivity contribution in [1.82, 2.24) is 0 Å². The Morgan fingerprint density at radius 3 is 2.42 bits per heavy atom. The van der Waals surface area contributed by atoms with Crippen LogP contribution in [0.5, 0.6) is 0 Å². The Labute approximate surface area is 74.3 Å². The number of sulfone groups is 1. The summed E-state index contributed by atoms with van der Waals surface area (Å²) in [7, 11) is -2.82. The summed E-state index contributed by atoms with van der Waals surface area (Å²) in [5.74, 6) is 0.928. The molecule has 0 aromatic heterocycles. The molecule has 1 aliphatic rings. The second-order valence-electron chi connectivity index (χ2n) is 4.30. The van der Waals surface area contributed by atoms with Gasteiger partial charge in [-0.15, -0.1) is 0 Å². The van der Waals surface area contributed by atoms with Gasteiger partial charge in [-0.25, -0.2) is 8.42 Å². The summed E-state index contributed by atoms with van der Waals surface area (Å²) in [4.78, 5) is 0. The first-order valence-electron chi connectivity index (χ1n) is 4.32. The van der Waals surface area contributed by atoms with Crippen LogP contribution >= 0.6 is 0 Å². The van der Waals surface area contributed by atoms with Crippen molar-refractivity contribution >= 4 is 9.84 Å². The largest absolute Gasteiger partial charge is 0.324 e. The van der Waals surface area contributed by atoms with Gasteiger partial charge in [-0.05, 0) is 18.8 Å². The average Bonchev–Trinajstić information content (AvgIpc) is 2.03. The summed E-state index contributed by atoms with van der Waals surface area (Å²) in [5.41, 5.74) is 5.52. The van der Waals surface area contributed by atoms with E-state index in [9.17, 15) is 8.42 Å². The Morgan fingerprint density at radius 2 is 2.08 bits per heavy atom. The highest BCUT2D eigenvalue weighted by Gasteiger charge is 2.38. The van der Waals surface area contributed by atoms with Gasteiger partial charge in [-0.3, -0.25) is 0 Å². The van der Waals surface area contributed by atoms with Gasteiger partial charge in [0.1, 0.15) is 0 Å². The van der Waals surface area contributed by atoms with Crippen molar-refractivity contribution in [2.75, 3.05) is 11.5 Å². The molecule has 0 aliphatic carbocycles. The second-order valence-corrected chi connectivity index (χ2v) is 6.49. The van der Waals surface area contributed by atoms with Crippen molar-refractivity contribution in [3.8, 4) is 0 Å². The minimum atomic E-state index is -2.82. The Morgan fingerprint density at radius 1 is 1.50 bits per heavy atom. The van der Waals surface area contributed by atoms with Crippen LogP contribution in [0.1, 0.15) is 26.7 Å². The van der Waals surface area contributed by atoms with E-state index in [1.54, 1.807) is 0 Å². The van der Waals surface area contributed by atoms with E-state index < -0.39 is 15.4 Å². The van der Waals surface area contributed by atoms with Gasteiger partial charge in [0.05, 0.1) is 11.5 Å². The highest BCUT2D eigenvalue weighted by Crippen LogP contribution is 2.27. The van der Waals surface area contributed by atoms with Gasteiger partial charge in [-0.1, -0.05) is 13.8 Å². The van der Waals surface area contributed by atoms with Crippen LogP contribution in [-0.2, 0) is 9.84 Å². The summed E-state index contributed by atoms with van der Waals surface area (Å²) in [5, 5.41) is 0. The van der Waals surface area contributed by atoms with E-state index in [4.69, 9.17) is 5.73 Å². The quantitative estimate of drug-likeness (QED) is 0.693. The van der Waals surface area contributed by atoms with Gasteiger partial charge in [0.2, 0.25) is 0 Å². The SMILES string of the molecule is CC(C)CC1(N)CCS(=O)(=O)C1. The molecule has 1 rings (SSSR count). The van der Waals surface area contributed by atoms with Gasteiger partial charge in [0.15, 0.2) is 9.84 Å². The van der Waals surface area contributed by atoms with Crippen LogP contribution in [0.4, 0.5) is 0 Å². The Kier molecular flexibility index (Phi) is 2.50. The van der Waals surface area contributed by atoms with E-state index in [0.717, 1.165) is 6.42 Å². The fourth-order valence-corrected chi connectivity index (χ4v) is 3.92. The minimum Gasteiger partial charge on any atom is -0.324 e. The van der Waals surface area contributed by atoms with Gasteiger partial charge in [0, 0.05) is 5.54 Å². The molecular weight excluding hydrogens is 174 g/mol. The molecule has 1 saturated heterocycles. The van der Waals surface area contributed by atoms with Gasteiger partial charge < -0.3 is 5.73 Å². The van der Waals surface area contributed by atoms with Crippen molar-refractivity contribution in [3.63, 3.8) is 0 Å². The number of hydrogen-bond acceptors (Lipinski definition) is 3. The van der Waals surface area contributed by atoms with Crippen molar-refractivity contribution < 1.29 is 8.42 Å². The van der Waals surface area contributed by atoms with Crippen LogP contribution in [-0.4, -0.2) is 25.5 Å². The summed E-state index contributed by atoms with van der Waals surface area (Å²) in [6.07, 6.45) is 1.44. The van der Waals surface area contributed by atoms with Crippen molar-refractivity contribution in [1.29, 1.82) is 0 Å². The molecule has 0 aromatic rings. The van der Waals surface area contributed by atoms with Crippen LogP contribution < -0.4 is 5.73 Å². The van der Waals surface area contributed by atoms with Crippen LogP contribution in [0.15, 0.2) is 0 Å². The lowest BCUT2D eigenvalue weighted by Gasteiger charge is -2.23. The third-order valence-corrected chi connectivity index (χ3v) is 4.07. The van der Waals surface area contributed by atoms with Crippen molar-refractivity contribution in [2.45, 2.75) is 32.2 Å². The maximum Gasteiger partial charge on any atom is 0.152 e. The summed E-state index contributed by atoms with van der Waals surface area (Å²) < 4.78 is 22.3. The van der Waals surface area contributed by atoms with E-state index in [1.807, 2.05) is 0 Å². The van der Waals surface area contributed by atoms with Crippen molar-refractivity contribution in [2.24, 2.45) is 11.7 Å². The van der Waals surface area contributed by atoms with Crippen LogP contribution in [0, 0.1) is 5.92 Å². The Bertz CT molecular complexity index is 258. The molecule has 0 amide bonds. The molecule has 1 aliphatic heterocycles. The smallest absolute Gasteiger partial charge is 0.152 e. The van der Waals surface area contributed by atoms with Crippen LogP contribution in [0.25, 0.3) is 0 Å². The van der Waals surface area contributed by atoms with E-state index >= 15 is 0 Å². The third kappa shape index (κ3) is 2.45. The lowest BCUT2D eigenvalue weighted by Crippen LogP contribution is -2.42. The maximum absolute atomic E-state index is 11.1. The zero-order valence-corrected chi connectivity index (χ0v) is 8.52. The molecule has 1 heterocycles. The number of rotatable bonds is 2. The van der Waals surface area contributed by atoms with Gasteiger partial charge >= 0.3 is 0 Å². The molecule has 2 N–H and O–H groups in total. The highest BCUT2D eigenvalue weighted by atomic mass is 32.2. The van der Waals surface area contributed by atoms with Gasteiger partial charge in [0.25, 0.3) is 0 Å². The first-order valence-corrected chi connectivity index (χ1v) is 6.14. The van der Waals surface area contributed by atoms with E-state index in [0.29, 0.717) is 12.3 Å². The predicted octanol–water partition coefficient (Wildman–Crippen LogP) is 0.549. The third-order valence-electron chi connectivity index (χ3n) is 2.23. The van der Waals surface area contributed by atoms with Crippen molar-refractivity contribution in [3.05, 3.63) is 0 Å². The lowest BCUT2D eigenvalue weighted by atomic mass is 9.90. The zero-order valence-electron chi connectivity index (χ0n) is 7.71. The molecule has 3 nitrogen and oxygen atoms in total. The summed E-state index contributed by atoms with van der Waals surface area (Å²) >= 11 is 0. The summed E-state index contributed by atoms with van der Waals surface area (Å²) in [6, 6.07) is 0. The molecule has 0 spiro atoms. The normalized spacial score (nSPS) is 34.3. The molecule has 1 unspecified atom stereocenters. The molecule has 12 heavy (non-hydrogen) atoms.